The van der Waals surface area contributed by atoms with Crippen LogP contribution >= 0.6 is 0 Å². The fourth-order valence-corrected chi connectivity index (χ4v) is 2.50. The molecule has 0 bridgehead atoms. The van der Waals surface area contributed by atoms with Gasteiger partial charge in [0.2, 0.25) is 5.78 Å². The Hall–Kier alpha value is -2.56. The highest BCUT2D eigenvalue weighted by Gasteiger charge is 2.16. The van der Waals surface area contributed by atoms with Crippen molar-refractivity contribution in [1.29, 1.82) is 0 Å². The second-order valence-corrected chi connectivity index (χ2v) is 5.99. The number of benzene rings is 1. The highest BCUT2D eigenvalue weighted by Crippen LogP contribution is 2.18. The maximum Gasteiger partial charge on any atom is 0.344 e. The quantitative estimate of drug-likeness (QED) is 0.604. The van der Waals surface area contributed by atoms with E-state index in [1.165, 1.54) is 0 Å². The lowest BCUT2D eigenvalue weighted by molar-refractivity contribution is -0.144. The van der Waals surface area contributed by atoms with Gasteiger partial charge in [-0.15, -0.1) is 0 Å². The van der Waals surface area contributed by atoms with Crippen molar-refractivity contribution in [2.24, 2.45) is 7.05 Å². The minimum absolute atomic E-state index is 0.212. The van der Waals surface area contributed by atoms with Gasteiger partial charge in [-0.05, 0) is 45.4 Å². The Labute approximate surface area is 142 Å². The van der Waals surface area contributed by atoms with E-state index in [0.29, 0.717) is 11.3 Å². The largest absolute Gasteiger partial charge is 0.482 e. The van der Waals surface area contributed by atoms with Gasteiger partial charge in [0.25, 0.3) is 0 Å². The molecule has 128 valence electrons. The van der Waals surface area contributed by atoms with Gasteiger partial charge in [0, 0.05) is 24.0 Å². The fraction of sp³-hybridized carbons (Fsp3) is 0.368. The Balaban J connectivity index is 1.86. The van der Waals surface area contributed by atoms with Crippen LogP contribution in [0, 0.1) is 27.7 Å². The van der Waals surface area contributed by atoms with Crippen molar-refractivity contribution in [3.63, 3.8) is 0 Å². The molecule has 2 rings (SSSR count). The first-order valence-corrected chi connectivity index (χ1v) is 7.81. The van der Waals surface area contributed by atoms with Crippen LogP contribution in [0.15, 0.2) is 24.3 Å². The van der Waals surface area contributed by atoms with E-state index in [1.54, 1.807) is 6.07 Å². The fourth-order valence-electron chi connectivity index (χ4n) is 2.50. The molecule has 1 aromatic carbocycles. The molecule has 0 atom stereocenters. The standard InChI is InChI=1S/C19H23NO4/c1-12-6-7-18(13(2)8-12)23-11-19(22)24-10-17(21)16-9-14(3)20(5)15(16)4/h6-9H,10-11H2,1-5H3. The van der Waals surface area contributed by atoms with Crippen molar-refractivity contribution in [2.75, 3.05) is 13.2 Å². The molecule has 0 saturated carbocycles. The van der Waals surface area contributed by atoms with Crippen LogP contribution in [-0.4, -0.2) is 29.5 Å². The molecule has 0 radical (unpaired) electrons. The van der Waals surface area contributed by atoms with Gasteiger partial charge < -0.3 is 14.0 Å². The van der Waals surface area contributed by atoms with Gasteiger partial charge in [0.1, 0.15) is 5.75 Å². The number of hydrogen-bond donors (Lipinski definition) is 0. The molecule has 5 nitrogen and oxygen atoms in total. The lowest BCUT2D eigenvalue weighted by Crippen LogP contribution is -2.20. The molecule has 5 heteroatoms. The van der Waals surface area contributed by atoms with Gasteiger partial charge in [-0.1, -0.05) is 17.7 Å². The molecule has 2 aromatic rings. The SMILES string of the molecule is Cc1ccc(OCC(=O)OCC(=O)c2cc(C)n(C)c2C)c(C)c1. The van der Waals surface area contributed by atoms with Gasteiger partial charge >= 0.3 is 5.97 Å². The van der Waals surface area contributed by atoms with Gasteiger partial charge in [-0.25, -0.2) is 4.79 Å². The summed E-state index contributed by atoms with van der Waals surface area (Å²) in [5.41, 5.74) is 4.51. The number of hydrogen-bond acceptors (Lipinski definition) is 4. The minimum atomic E-state index is -0.561. The zero-order valence-corrected chi connectivity index (χ0v) is 14.8. The van der Waals surface area contributed by atoms with E-state index in [2.05, 4.69) is 0 Å². The van der Waals surface area contributed by atoms with E-state index in [4.69, 9.17) is 9.47 Å². The van der Waals surface area contributed by atoms with Gasteiger partial charge in [0.05, 0.1) is 0 Å². The zero-order valence-electron chi connectivity index (χ0n) is 14.8. The highest BCUT2D eigenvalue weighted by atomic mass is 16.6. The van der Waals surface area contributed by atoms with Crippen LogP contribution in [0.2, 0.25) is 0 Å². The first kappa shape index (κ1) is 17.8. The van der Waals surface area contributed by atoms with Crippen LogP contribution in [0.1, 0.15) is 32.9 Å². The second kappa shape index (κ2) is 7.34. The Morgan fingerprint density at radius 3 is 2.33 bits per heavy atom. The van der Waals surface area contributed by atoms with Gasteiger partial charge in [-0.2, -0.15) is 0 Å². The summed E-state index contributed by atoms with van der Waals surface area (Å²) in [4.78, 5) is 24.0. The number of Topliss-reactive ketones (excluding diaryl/α,β-unsaturated/α-hetero) is 1. The van der Waals surface area contributed by atoms with E-state index in [-0.39, 0.29) is 19.0 Å². The maximum absolute atomic E-state index is 12.2. The van der Waals surface area contributed by atoms with Crippen molar-refractivity contribution in [1.82, 2.24) is 4.57 Å². The summed E-state index contributed by atoms with van der Waals surface area (Å²) in [7, 11) is 1.89. The average molecular weight is 329 g/mol. The molecule has 0 aliphatic heterocycles. The molecule has 0 unspecified atom stereocenters. The molecule has 0 saturated heterocycles. The van der Waals surface area contributed by atoms with Crippen molar-refractivity contribution in [2.45, 2.75) is 27.7 Å². The summed E-state index contributed by atoms with van der Waals surface area (Å²) in [5.74, 6) is -0.136. The van der Waals surface area contributed by atoms with E-state index >= 15 is 0 Å². The molecule has 0 spiro atoms. The maximum atomic E-state index is 12.2. The van der Waals surface area contributed by atoms with Gasteiger partial charge in [-0.3, -0.25) is 4.79 Å². The summed E-state index contributed by atoms with van der Waals surface area (Å²) in [6, 6.07) is 7.51. The Morgan fingerprint density at radius 1 is 1.04 bits per heavy atom. The third-order valence-corrected chi connectivity index (χ3v) is 4.12. The van der Waals surface area contributed by atoms with Crippen molar-refractivity contribution < 1.29 is 19.1 Å². The molecule has 0 amide bonds. The Kier molecular flexibility index (Phi) is 5.44. The average Bonchev–Trinajstić information content (AvgIpc) is 2.79. The van der Waals surface area contributed by atoms with Crippen LogP contribution in [0.4, 0.5) is 0 Å². The number of carbonyl (C=O) groups is 2. The van der Waals surface area contributed by atoms with E-state index < -0.39 is 5.97 Å². The first-order chi connectivity index (χ1) is 11.3. The summed E-state index contributed by atoms with van der Waals surface area (Å²) in [6.07, 6.45) is 0. The molecule has 0 aliphatic carbocycles. The monoisotopic (exact) mass is 329 g/mol. The number of ether oxygens (including phenoxy) is 2. The number of esters is 1. The predicted octanol–water partition coefficient (Wildman–Crippen LogP) is 3.06. The number of nitrogens with zero attached hydrogens (tertiary/aromatic N) is 1. The molecule has 0 N–H and O–H groups in total. The summed E-state index contributed by atoms with van der Waals surface area (Å²) >= 11 is 0. The molecular formula is C19H23NO4. The lowest BCUT2D eigenvalue weighted by atomic mass is 10.1. The molecule has 1 heterocycles. The summed E-state index contributed by atoms with van der Waals surface area (Å²) < 4.78 is 12.4. The number of rotatable bonds is 6. The zero-order chi connectivity index (χ0) is 17.9. The normalized spacial score (nSPS) is 10.5. The topological polar surface area (TPSA) is 57.5 Å². The van der Waals surface area contributed by atoms with Crippen LogP contribution in [0.25, 0.3) is 0 Å². The smallest absolute Gasteiger partial charge is 0.344 e. The number of aryl methyl sites for hydroxylation is 3. The van der Waals surface area contributed by atoms with Crippen molar-refractivity contribution >= 4 is 11.8 Å². The number of carbonyl (C=O) groups excluding carboxylic acids is 2. The highest BCUT2D eigenvalue weighted by molar-refractivity contribution is 5.99. The summed E-state index contributed by atoms with van der Waals surface area (Å²) in [5, 5.41) is 0. The van der Waals surface area contributed by atoms with Gasteiger partial charge in [0.15, 0.2) is 13.2 Å². The van der Waals surface area contributed by atoms with Crippen LogP contribution in [-0.2, 0) is 16.6 Å². The molecule has 0 aliphatic rings. The lowest BCUT2D eigenvalue weighted by Gasteiger charge is -2.09. The Bertz CT molecular complexity index is 774. The van der Waals surface area contributed by atoms with Crippen LogP contribution < -0.4 is 4.74 Å². The molecule has 0 fully saturated rings. The number of aromatic nitrogens is 1. The van der Waals surface area contributed by atoms with E-state index in [0.717, 1.165) is 22.5 Å². The van der Waals surface area contributed by atoms with Crippen LogP contribution in [0.5, 0.6) is 5.75 Å². The molecular weight excluding hydrogens is 306 g/mol. The molecule has 1 aromatic heterocycles. The van der Waals surface area contributed by atoms with Crippen molar-refractivity contribution in [3.8, 4) is 5.75 Å². The third-order valence-electron chi connectivity index (χ3n) is 4.12. The van der Waals surface area contributed by atoms with Crippen LogP contribution in [0.3, 0.4) is 0 Å². The second-order valence-electron chi connectivity index (χ2n) is 5.99. The molecule has 24 heavy (non-hydrogen) atoms. The number of ketones is 1. The first-order valence-electron chi connectivity index (χ1n) is 7.81. The van der Waals surface area contributed by atoms with Crippen molar-refractivity contribution in [3.05, 3.63) is 52.3 Å². The third kappa shape index (κ3) is 4.04. The summed E-state index contributed by atoms with van der Waals surface area (Å²) in [6.45, 7) is 7.20. The van der Waals surface area contributed by atoms with E-state index in [9.17, 15) is 9.59 Å². The van der Waals surface area contributed by atoms with E-state index in [1.807, 2.05) is 57.5 Å². The minimum Gasteiger partial charge on any atom is -0.482 e. The predicted molar refractivity (Wildman–Crippen MR) is 91.6 cm³/mol. The Morgan fingerprint density at radius 2 is 1.75 bits per heavy atom.